The molecule has 0 amide bonds. The number of Topliss-reactive ketones (excluding diaryl/α,β-unsaturated/α-hetero) is 2. The summed E-state index contributed by atoms with van der Waals surface area (Å²) in [5.41, 5.74) is 4.26. The van der Waals surface area contributed by atoms with E-state index in [1.165, 1.54) is 4.31 Å². The summed E-state index contributed by atoms with van der Waals surface area (Å²) in [6.07, 6.45) is 3.01. The molecule has 4 rings (SSSR count). The third kappa shape index (κ3) is 4.24. The first-order valence-electron chi connectivity index (χ1n) is 10.7. The van der Waals surface area contributed by atoms with E-state index < -0.39 is 10.0 Å². The molecule has 0 saturated carbocycles. The number of rotatable bonds is 5. The molecule has 0 unspecified atom stereocenters. The lowest BCUT2D eigenvalue weighted by atomic mass is 9.97. The van der Waals surface area contributed by atoms with Gasteiger partial charge in [0.05, 0.1) is 23.8 Å². The molecule has 166 valence electrons. The summed E-state index contributed by atoms with van der Waals surface area (Å²) < 4.78 is 32.7. The molecule has 1 aliphatic heterocycles. The summed E-state index contributed by atoms with van der Waals surface area (Å²) in [5.74, 6) is -0.0295. The molecule has 2 aromatic rings. The van der Waals surface area contributed by atoms with Crippen molar-refractivity contribution >= 4 is 21.6 Å². The third-order valence-electron chi connectivity index (χ3n) is 6.21. The van der Waals surface area contributed by atoms with Crippen LogP contribution in [0.1, 0.15) is 62.5 Å². The number of aromatic nitrogens is 1. The summed E-state index contributed by atoms with van der Waals surface area (Å²) >= 11 is 0. The fraction of sp³-hybridized carbons (Fsp3) is 0.478. The predicted octanol–water partition coefficient (Wildman–Crippen LogP) is 2.99. The van der Waals surface area contributed by atoms with Crippen LogP contribution in [-0.2, 0) is 27.6 Å². The number of carbonyl (C=O) groups is 2. The van der Waals surface area contributed by atoms with Crippen molar-refractivity contribution in [2.45, 2.75) is 50.8 Å². The molecule has 8 heteroatoms. The first kappa shape index (κ1) is 21.9. The summed E-state index contributed by atoms with van der Waals surface area (Å²) in [4.78, 5) is 29.0. The lowest BCUT2D eigenvalue weighted by Gasteiger charge is -2.26. The topological polar surface area (TPSA) is 96.5 Å². The molecule has 1 fully saturated rings. The first-order chi connectivity index (χ1) is 14.8. The van der Waals surface area contributed by atoms with Crippen LogP contribution in [0.5, 0.6) is 0 Å². The Morgan fingerprint density at radius 2 is 1.84 bits per heavy atom. The number of benzene rings is 1. The van der Waals surface area contributed by atoms with E-state index in [9.17, 15) is 18.0 Å². The Morgan fingerprint density at radius 1 is 1.13 bits per heavy atom. The second-order valence-electron chi connectivity index (χ2n) is 8.31. The number of morpholine rings is 1. The zero-order valence-corrected chi connectivity index (χ0v) is 18.8. The van der Waals surface area contributed by atoms with Gasteiger partial charge in [0, 0.05) is 37.2 Å². The van der Waals surface area contributed by atoms with Gasteiger partial charge in [-0.15, -0.1) is 0 Å². The number of carbonyl (C=O) groups excluding carboxylic acids is 2. The quantitative estimate of drug-likeness (QED) is 0.565. The van der Waals surface area contributed by atoms with Crippen LogP contribution in [0, 0.1) is 13.8 Å². The molecular weight excluding hydrogens is 416 g/mol. The van der Waals surface area contributed by atoms with E-state index in [1.807, 2.05) is 13.8 Å². The number of fused-ring (bicyclic) bond motifs is 1. The number of H-pyrrole nitrogens is 1. The highest BCUT2D eigenvalue weighted by molar-refractivity contribution is 7.89. The largest absolute Gasteiger partial charge is 0.379 e. The average Bonchev–Trinajstić information content (AvgIpc) is 2.96. The van der Waals surface area contributed by atoms with Crippen molar-refractivity contribution in [1.29, 1.82) is 0 Å². The number of nitrogens with one attached hydrogen (secondary N) is 1. The van der Waals surface area contributed by atoms with Gasteiger partial charge in [0.1, 0.15) is 0 Å². The van der Waals surface area contributed by atoms with Crippen molar-refractivity contribution in [1.82, 2.24) is 9.29 Å². The number of hydrogen-bond donors (Lipinski definition) is 1. The van der Waals surface area contributed by atoms with Gasteiger partial charge in [0.15, 0.2) is 11.6 Å². The number of sulfonamides is 1. The van der Waals surface area contributed by atoms with E-state index in [1.54, 1.807) is 18.2 Å². The molecule has 0 bridgehead atoms. The van der Waals surface area contributed by atoms with Crippen LogP contribution in [0.3, 0.4) is 0 Å². The van der Waals surface area contributed by atoms with Crippen molar-refractivity contribution in [2.24, 2.45) is 0 Å². The predicted molar refractivity (Wildman–Crippen MR) is 116 cm³/mol. The molecule has 7 nitrogen and oxygen atoms in total. The standard InChI is InChI=1S/C23H28N2O5S/c1-15-7-8-18(31(28,29)25-9-11-30-12-10-25)13-17(15)14-21(27)23-19-5-3-4-6-20(26)22(19)16(2)24-23/h7-8,13,24H,3-6,9-12,14H2,1-2H3. The van der Waals surface area contributed by atoms with Crippen molar-refractivity contribution in [3.63, 3.8) is 0 Å². The summed E-state index contributed by atoms with van der Waals surface area (Å²) in [6, 6.07) is 4.95. The van der Waals surface area contributed by atoms with E-state index >= 15 is 0 Å². The SMILES string of the molecule is Cc1ccc(S(=O)(=O)N2CCOCC2)cc1CC(=O)c1[nH]c(C)c2c1CCCCC2=O. The van der Waals surface area contributed by atoms with Gasteiger partial charge in [0.25, 0.3) is 0 Å². The number of aromatic amines is 1. The van der Waals surface area contributed by atoms with Crippen molar-refractivity contribution in [3.8, 4) is 0 Å². The number of ether oxygens (including phenoxy) is 1. The second kappa shape index (κ2) is 8.68. The maximum atomic E-state index is 13.2. The van der Waals surface area contributed by atoms with Gasteiger partial charge < -0.3 is 9.72 Å². The molecule has 0 radical (unpaired) electrons. The van der Waals surface area contributed by atoms with Gasteiger partial charge in [-0.1, -0.05) is 6.07 Å². The van der Waals surface area contributed by atoms with Crippen LogP contribution >= 0.6 is 0 Å². The summed E-state index contributed by atoms with van der Waals surface area (Å²) in [6.45, 7) is 5.12. The zero-order valence-electron chi connectivity index (χ0n) is 18.0. The minimum Gasteiger partial charge on any atom is -0.379 e. The van der Waals surface area contributed by atoms with Crippen LogP contribution in [0.15, 0.2) is 23.1 Å². The van der Waals surface area contributed by atoms with E-state index in [2.05, 4.69) is 4.98 Å². The Labute approximate surface area is 182 Å². The van der Waals surface area contributed by atoms with Crippen LogP contribution in [0.2, 0.25) is 0 Å². The maximum Gasteiger partial charge on any atom is 0.243 e. The second-order valence-corrected chi connectivity index (χ2v) is 10.3. The Bertz CT molecular complexity index is 1130. The maximum absolute atomic E-state index is 13.2. The van der Waals surface area contributed by atoms with Gasteiger partial charge in [-0.2, -0.15) is 4.31 Å². The molecule has 1 N–H and O–H groups in total. The Morgan fingerprint density at radius 3 is 2.58 bits per heavy atom. The minimum absolute atomic E-state index is 0.0822. The van der Waals surface area contributed by atoms with Gasteiger partial charge in [-0.25, -0.2) is 8.42 Å². The molecule has 1 aromatic heterocycles. The average molecular weight is 445 g/mol. The molecule has 2 heterocycles. The smallest absolute Gasteiger partial charge is 0.243 e. The van der Waals surface area contributed by atoms with Crippen LogP contribution in [0.25, 0.3) is 0 Å². The first-order valence-corrected chi connectivity index (χ1v) is 12.2. The molecule has 0 atom stereocenters. The molecular formula is C23H28N2O5S. The fourth-order valence-corrected chi connectivity index (χ4v) is 5.91. The number of aryl methyl sites for hydroxylation is 2. The normalized spacial score (nSPS) is 17.9. The van der Waals surface area contributed by atoms with Gasteiger partial charge in [-0.3, -0.25) is 9.59 Å². The van der Waals surface area contributed by atoms with E-state index in [-0.39, 0.29) is 22.9 Å². The van der Waals surface area contributed by atoms with Crippen LogP contribution in [-0.4, -0.2) is 55.6 Å². The Balaban J connectivity index is 1.63. The monoisotopic (exact) mass is 444 g/mol. The summed E-state index contributed by atoms with van der Waals surface area (Å²) in [5, 5.41) is 0. The minimum atomic E-state index is -3.63. The lowest BCUT2D eigenvalue weighted by molar-refractivity contribution is 0.0730. The highest BCUT2D eigenvalue weighted by atomic mass is 32.2. The number of hydrogen-bond acceptors (Lipinski definition) is 5. The molecule has 2 aliphatic rings. The molecule has 0 spiro atoms. The Kier molecular flexibility index (Phi) is 6.14. The third-order valence-corrected chi connectivity index (χ3v) is 8.10. The lowest BCUT2D eigenvalue weighted by Crippen LogP contribution is -2.40. The molecule has 1 aromatic carbocycles. The van der Waals surface area contributed by atoms with Crippen LogP contribution in [0.4, 0.5) is 0 Å². The Hall–Kier alpha value is -2.29. The van der Waals surface area contributed by atoms with Gasteiger partial charge >= 0.3 is 0 Å². The fourth-order valence-electron chi connectivity index (χ4n) is 4.45. The summed E-state index contributed by atoms with van der Waals surface area (Å²) in [7, 11) is -3.63. The van der Waals surface area contributed by atoms with Crippen molar-refractivity contribution < 1.29 is 22.7 Å². The molecule has 1 aliphatic carbocycles. The zero-order chi connectivity index (χ0) is 22.2. The van der Waals surface area contributed by atoms with E-state index in [4.69, 9.17) is 4.74 Å². The van der Waals surface area contributed by atoms with Crippen molar-refractivity contribution in [2.75, 3.05) is 26.3 Å². The highest BCUT2D eigenvalue weighted by Crippen LogP contribution is 2.28. The van der Waals surface area contributed by atoms with E-state index in [0.717, 1.165) is 29.7 Å². The van der Waals surface area contributed by atoms with Gasteiger partial charge in [-0.05, 0) is 61.9 Å². The van der Waals surface area contributed by atoms with Crippen LogP contribution < -0.4 is 0 Å². The molecule has 1 saturated heterocycles. The highest BCUT2D eigenvalue weighted by Gasteiger charge is 2.28. The van der Waals surface area contributed by atoms with Crippen molar-refractivity contribution in [3.05, 3.63) is 51.8 Å². The number of nitrogens with zero attached hydrogens (tertiary/aromatic N) is 1. The number of ketones is 2. The van der Waals surface area contributed by atoms with Gasteiger partial charge in [0.2, 0.25) is 10.0 Å². The molecule has 31 heavy (non-hydrogen) atoms. The van der Waals surface area contributed by atoms with E-state index in [0.29, 0.717) is 56.0 Å².